The van der Waals surface area contributed by atoms with E-state index in [1.165, 1.54) is 6.07 Å². The smallest absolute Gasteiger partial charge is 0.220 e. The summed E-state index contributed by atoms with van der Waals surface area (Å²) in [7, 11) is 0. The molecule has 2 aromatic carbocycles. The van der Waals surface area contributed by atoms with Gasteiger partial charge in [0.05, 0.1) is 17.0 Å². The van der Waals surface area contributed by atoms with Gasteiger partial charge in [0, 0.05) is 12.3 Å². The number of rotatable bonds is 3. The summed E-state index contributed by atoms with van der Waals surface area (Å²) in [5, 5.41) is 0. The van der Waals surface area contributed by atoms with Crippen molar-refractivity contribution < 1.29 is 13.9 Å². The number of nitrogen functional groups attached to an aromatic ring is 1. The van der Waals surface area contributed by atoms with Crippen LogP contribution in [0.3, 0.4) is 0 Å². The lowest BCUT2D eigenvalue weighted by Crippen LogP contribution is -2.23. The minimum Gasteiger partial charge on any atom is -0.454 e. The Morgan fingerprint density at radius 1 is 1.04 bits per heavy atom. The van der Waals surface area contributed by atoms with E-state index in [1.54, 1.807) is 31.2 Å². The number of halogens is 1. The maximum Gasteiger partial charge on any atom is 0.220 e. The molecule has 1 aliphatic carbocycles. The first-order chi connectivity index (χ1) is 13.0. The molecule has 1 aromatic heterocycles. The number of Topliss-reactive ketones (excluding diaryl/α,β-unsaturated/α-hetero) is 1. The number of carbonyl (C=O) groups excluding carboxylic acids is 1. The molecule has 2 N–H and O–H groups in total. The first kappa shape index (κ1) is 17.1. The number of aromatic nitrogens is 2. The van der Waals surface area contributed by atoms with Gasteiger partial charge in [0.2, 0.25) is 5.95 Å². The molecule has 4 rings (SSSR count). The molecule has 0 saturated heterocycles. The SMILES string of the molecule is Cc1nc(N)nc2c1C(=O)CC(c1ccccc1Oc1ccccc1F)C2. The molecule has 0 radical (unpaired) electrons. The number of hydrogen-bond donors (Lipinski definition) is 1. The molecule has 0 amide bonds. The average Bonchev–Trinajstić information content (AvgIpc) is 2.63. The lowest BCUT2D eigenvalue weighted by atomic mass is 9.81. The van der Waals surface area contributed by atoms with E-state index in [9.17, 15) is 9.18 Å². The van der Waals surface area contributed by atoms with Gasteiger partial charge < -0.3 is 10.5 Å². The molecule has 1 aliphatic rings. The minimum absolute atomic E-state index is 0.0144. The number of aryl methyl sites for hydroxylation is 1. The lowest BCUT2D eigenvalue weighted by Gasteiger charge is -2.25. The third-order valence-electron chi connectivity index (χ3n) is 4.75. The van der Waals surface area contributed by atoms with E-state index in [0.717, 1.165) is 5.56 Å². The fourth-order valence-electron chi connectivity index (χ4n) is 3.57. The molecule has 0 spiro atoms. The Balaban J connectivity index is 1.71. The van der Waals surface area contributed by atoms with Gasteiger partial charge in [-0.1, -0.05) is 30.3 Å². The zero-order valence-electron chi connectivity index (χ0n) is 14.8. The third-order valence-corrected chi connectivity index (χ3v) is 4.75. The van der Waals surface area contributed by atoms with Crippen LogP contribution in [0.2, 0.25) is 0 Å². The van der Waals surface area contributed by atoms with Crippen LogP contribution in [0.1, 0.15) is 39.6 Å². The van der Waals surface area contributed by atoms with Crippen LogP contribution in [0.4, 0.5) is 10.3 Å². The van der Waals surface area contributed by atoms with Gasteiger partial charge in [-0.05, 0) is 37.1 Å². The first-order valence-corrected chi connectivity index (χ1v) is 8.70. The standard InChI is InChI=1S/C21H18FN3O2/c1-12-20-16(25-21(23)24-12)10-13(11-17(20)26)14-6-2-4-8-18(14)27-19-9-5-3-7-15(19)22/h2-9,13H,10-11H2,1H3,(H2,23,24,25). The Labute approximate surface area is 156 Å². The molecule has 27 heavy (non-hydrogen) atoms. The molecule has 1 heterocycles. The summed E-state index contributed by atoms with van der Waals surface area (Å²) < 4.78 is 19.8. The van der Waals surface area contributed by atoms with Crippen molar-refractivity contribution in [1.29, 1.82) is 0 Å². The predicted molar refractivity (Wildman–Crippen MR) is 99.5 cm³/mol. The van der Waals surface area contributed by atoms with Crippen LogP contribution in [-0.2, 0) is 6.42 Å². The zero-order valence-corrected chi connectivity index (χ0v) is 14.8. The summed E-state index contributed by atoms with van der Waals surface area (Å²) in [6, 6.07) is 13.6. The van der Waals surface area contributed by atoms with Gasteiger partial charge in [-0.3, -0.25) is 4.79 Å². The van der Waals surface area contributed by atoms with E-state index in [0.29, 0.717) is 35.5 Å². The van der Waals surface area contributed by atoms with Crippen molar-refractivity contribution in [2.24, 2.45) is 0 Å². The zero-order chi connectivity index (χ0) is 19.0. The Bertz CT molecular complexity index is 1040. The summed E-state index contributed by atoms with van der Waals surface area (Å²) in [6.07, 6.45) is 0.866. The van der Waals surface area contributed by atoms with E-state index < -0.39 is 5.82 Å². The number of hydrogen-bond acceptors (Lipinski definition) is 5. The van der Waals surface area contributed by atoms with Crippen molar-refractivity contribution in [3.8, 4) is 11.5 Å². The molecule has 5 nitrogen and oxygen atoms in total. The number of benzene rings is 2. The quantitative estimate of drug-likeness (QED) is 0.754. The highest BCUT2D eigenvalue weighted by atomic mass is 19.1. The van der Waals surface area contributed by atoms with Crippen molar-refractivity contribution in [3.63, 3.8) is 0 Å². The fraction of sp³-hybridized carbons (Fsp3) is 0.190. The topological polar surface area (TPSA) is 78.1 Å². The highest BCUT2D eigenvalue weighted by Gasteiger charge is 2.31. The number of anilines is 1. The van der Waals surface area contributed by atoms with Gasteiger partial charge in [0.1, 0.15) is 5.75 Å². The van der Waals surface area contributed by atoms with E-state index in [-0.39, 0.29) is 23.4 Å². The lowest BCUT2D eigenvalue weighted by molar-refractivity contribution is 0.0961. The summed E-state index contributed by atoms with van der Waals surface area (Å²) in [6.45, 7) is 1.77. The molecule has 136 valence electrons. The number of para-hydroxylation sites is 2. The predicted octanol–water partition coefficient (Wildman–Crippen LogP) is 4.21. The Morgan fingerprint density at radius 3 is 2.52 bits per heavy atom. The van der Waals surface area contributed by atoms with Crippen molar-refractivity contribution >= 4 is 11.7 Å². The molecular weight excluding hydrogens is 345 g/mol. The van der Waals surface area contributed by atoms with Crippen LogP contribution >= 0.6 is 0 Å². The van der Waals surface area contributed by atoms with Crippen LogP contribution in [0.25, 0.3) is 0 Å². The van der Waals surface area contributed by atoms with Gasteiger partial charge in [-0.2, -0.15) is 0 Å². The van der Waals surface area contributed by atoms with E-state index in [4.69, 9.17) is 10.5 Å². The largest absolute Gasteiger partial charge is 0.454 e. The van der Waals surface area contributed by atoms with Gasteiger partial charge in [-0.25, -0.2) is 14.4 Å². The van der Waals surface area contributed by atoms with Crippen molar-refractivity contribution in [2.45, 2.75) is 25.7 Å². The molecule has 6 heteroatoms. The molecule has 1 atom stereocenters. The Hall–Kier alpha value is -3.28. The third kappa shape index (κ3) is 3.26. The number of ether oxygens (including phenoxy) is 1. The maximum absolute atomic E-state index is 14.0. The van der Waals surface area contributed by atoms with E-state index in [2.05, 4.69) is 9.97 Å². The van der Waals surface area contributed by atoms with Gasteiger partial charge in [0.25, 0.3) is 0 Å². The van der Waals surface area contributed by atoms with E-state index in [1.807, 2.05) is 18.2 Å². The second-order valence-corrected chi connectivity index (χ2v) is 6.59. The summed E-state index contributed by atoms with van der Waals surface area (Å²) in [5.41, 5.74) is 8.43. The molecule has 0 fully saturated rings. The summed E-state index contributed by atoms with van der Waals surface area (Å²) in [4.78, 5) is 21.1. The molecular formula is C21H18FN3O2. The molecule has 3 aromatic rings. The van der Waals surface area contributed by atoms with Crippen LogP contribution in [0.5, 0.6) is 11.5 Å². The molecule has 0 bridgehead atoms. The second kappa shape index (κ2) is 6.79. The average molecular weight is 363 g/mol. The van der Waals surface area contributed by atoms with Crippen molar-refractivity contribution in [3.05, 3.63) is 76.9 Å². The van der Waals surface area contributed by atoms with E-state index >= 15 is 0 Å². The van der Waals surface area contributed by atoms with Crippen molar-refractivity contribution in [2.75, 3.05) is 5.73 Å². The van der Waals surface area contributed by atoms with Gasteiger partial charge in [-0.15, -0.1) is 0 Å². The maximum atomic E-state index is 14.0. The summed E-state index contributed by atoms with van der Waals surface area (Å²) in [5.74, 6) is 0.266. The summed E-state index contributed by atoms with van der Waals surface area (Å²) >= 11 is 0. The van der Waals surface area contributed by atoms with Gasteiger partial charge in [0.15, 0.2) is 17.3 Å². The number of nitrogens with zero attached hydrogens (tertiary/aromatic N) is 2. The minimum atomic E-state index is -0.437. The highest BCUT2D eigenvalue weighted by molar-refractivity contribution is 5.99. The number of carbonyl (C=O) groups is 1. The molecule has 0 aliphatic heterocycles. The number of fused-ring (bicyclic) bond motifs is 1. The monoisotopic (exact) mass is 363 g/mol. The number of nitrogens with two attached hydrogens (primary N) is 1. The van der Waals surface area contributed by atoms with Crippen LogP contribution < -0.4 is 10.5 Å². The molecule has 0 saturated carbocycles. The fourth-order valence-corrected chi connectivity index (χ4v) is 3.57. The second-order valence-electron chi connectivity index (χ2n) is 6.59. The normalized spacial score (nSPS) is 16.1. The Kier molecular flexibility index (Phi) is 4.32. The molecule has 1 unspecified atom stereocenters. The van der Waals surface area contributed by atoms with Crippen LogP contribution in [-0.4, -0.2) is 15.8 Å². The van der Waals surface area contributed by atoms with Crippen LogP contribution in [0, 0.1) is 12.7 Å². The van der Waals surface area contributed by atoms with Crippen molar-refractivity contribution in [1.82, 2.24) is 9.97 Å². The first-order valence-electron chi connectivity index (χ1n) is 8.70. The van der Waals surface area contributed by atoms with Gasteiger partial charge >= 0.3 is 0 Å². The Morgan fingerprint density at radius 2 is 1.74 bits per heavy atom. The van der Waals surface area contributed by atoms with Crippen LogP contribution in [0.15, 0.2) is 48.5 Å². The number of ketones is 1. The highest BCUT2D eigenvalue weighted by Crippen LogP contribution is 2.39.